The fourth-order valence-electron chi connectivity index (χ4n) is 2.31. The van der Waals surface area contributed by atoms with Crippen LogP contribution in [0.3, 0.4) is 0 Å². The maximum atomic E-state index is 13.0. The Morgan fingerprint density at radius 3 is 2.62 bits per heavy atom. The molecule has 0 atom stereocenters. The molecule has 0 aliphatic carbocycles. The van der Waals surface area contributed by atoms with Gasteiger partial charge in [0.05, 0.1) is 11.1 Å². The molecule has 2 heterocycles. The van der Waals surface area contributed by atoms with E-state index in [4.69, 9.17) is 5.73 Å². The average molecular weight is 380 g/mol. The van der Waals surface area contributed by atoms with E-state index in [1.807, 2.05) is 25.6 Å². The van der Waals surface area contributed by atoms with Crippen LogP contribution in [0.2, 0.25) is 0 Å². The van der Waals surface area contributed by atoms with E-state index in [-0.39, 0.29) is 0 Å². The third-order valence-corrected chi connectivity index (χ3v) is 7.61. The second-order valence-electron chi connectivity index (χ2n) is 5.23. The SMILES string of the molecule is CSc1cc(-c2cnn(C)c2)cc(S(=O)(=O)c2ccc(CN)s2)c1. The first-order valence-electron chi connectivity index (χ1n) is 7.16. The van der Waals surface area contributed by atoms with Crippen molar-refractivity contribution in [1.82, 2.24) is 9.78 Å². The second kappa shape index (κ2) is 6.72. The van der Waals surface area contributed by atoms with Crippen LogP contribution in [-0.4, -0.2) is 24.5 Å². The summed E-state index contributed by atoms with van der Waals surface area (Å²) in [5.41, 5.74) is 7.32. The Bertz CT molecular complexity index is 974. The quantitative estimate of drug-likeness (QED) is 0.689. The maximum absolute atomic E-state index is 13.0. The lowest BCUT2D eigenvalue weighted by Gasteiger charge is -2.08. The lowest BCUT2D eigenvalue weighted by atomic mass is 10.1. The van der Waals surface area contributed by atoms with Crippen LogP contribution in [-0.2, 0) is 23.4 Å². The zero-order valence-electron chi connectivity index (χ0n) is 13.3. The fraction of sp³-hybridized carbons (Fsp3) is 0.188. The predicted molar refractivity (Wildman–Crippen MR) is 98.1 cm³/mol. The molecule has 0 fully saturated rings. The predicted octanol–water partition coefficient (Wildman–Crippen LogP) is 3.16. The number of sulfone groups is 1. The summed E-state index contributed by atoms with van der Waals surface area (Å²) in [6.45, 7) is 0.339. The molecular weight excluding hydrogens is 362 g/mol. The standard InChI is InChI=1S/C16H17N3O2S3/c1-19-10-12(9-18-19)11-5-14(22-2)7-15(6-11)24(20,21)16-4-3-13(8-17)23-16/h3-7,9-10H,8,17H2,1-2H3. The molecule has 0 aliphatic rings. The molecule has 0 unspecified atom stereocenters. The maximum Gasteiger partial charge on any atom is 0.216 e. The Morgan fingerprint density at radius 1 is 1.25 bits per heavy atom. The van der Waals surface area contributed by atoms with Crippen molar-refractivity contribution in [3.05, 3.63) is 47.6 Å². The summed E-state index contributed by atoms with van der Waals surface area (Å²) in [6, 6.07) is 8.77. The van der Waals surface area contributed by atoms with E-state index in [1.165, 1.54) is 23.1 Å². The zero-order valence-corrected chi connectivity index (χ0v) is 15.7. The van der Waals surface area contributed by atoms with Gasteiger partial charge in [-0.3, -0.25) is 4.68 Å². The molecule has 0 saturated heterocycles. The minimum atomic E-state index is -3.56. The molecule has 8 heteroatoms. The Kier molecular flexibility index (Phi) is 4.82. The molecular formula is C16H17N3O2S3. The van der Waals surface area contributed by atoms with E-state index in [9.17, 15) is 8.42 Å². The summed E-state index contributed by atoms with van der Waals surface area (Å²) in [4.78, 5) is 2.03. The third kappa shape index (κ3) is 3.27. The number of hydrogen-bond acceptors (Lipinski definition) is 6. The summed E-state index contributed by atoms with van der Waals surface area (Å²) in [5.74, 6) is 0. The Labute approximate surface area is 149 Å². The van der Waals surface area contributed by atoms with Gasteiger partial charge in [-0.2, -0.15) is 5.10 Å². The van der Waals surface area contributed by atoms with Gasteiger partial charge in [0.25, 0.3) is 0 Å². The number of thiophene rings is 1. The number of nitrogens with two attached hydrogens (primary N) is 1. The first-order chi connectivity index (χ1) is 11.4. The molecule has 126 valence electrons. The van der Waals surface area contributed by atoms with Crippen LogP contribution in [0.1, 0.15) is 4.88 Å². The third-order valence-electron chi connectivity index (χ3n) is 3.57. The van der Waals surface area contributed by atoms with E-state index >= 15 is 0 Å². The Hall–Kier alpha value is -1.61. The van der Waals surface area contributed by atoms with Crippen LogP contribution in [0, 0.1) is 0 Å². The molecule has 2 N–H and O–H groups in total. The minimum absolute atomic E-state index is 0.290. The molecule has 3 rings (SSSR count). The highest BCUT2D eigenvalue weighted by atomic mass is 32.2. The van der Waals surface area contributed by atoms with Gasteiger partial charge >= 0.3 is 0 Å². The largest absolute Gasteiger partial charge is 0.326 e. The van der Waals surface area contributed by atoms with Crippen molar-refractivity contribution < 1.29 is 8.42 Å². The van der Waals surface area contributed by atoms with Gasteiger partial charge in [-0.05, 0) is 42.2 Å². The Morgan fingerprint density at radius 2 is 2.04 bits per heavy atom. The van der Waals surface area contributed by atoms with Crippen molar-refractivity contribution in [2.45, 2.75) is 20.5 Å². The highest BCUT2D eigenvalue weighted by Gasteiger charge is 2.21. The molecule has 2 aromatic heterocycles. The first-order valence-corrected chi connectivity index (χ1v) is 10.7. The number of hydrogen-bond donors (Lipinski definition) is 1. The molecule has 0 amide bonds. The molecule has 0 spiro atoms. The van der Waals surface area contributed by atoms with Gasteiger partial charge in [0.2, 0.25) is 9.84 Å². The number of thioether (sulfide) groups is 1. The highest BCUT2D eigenvalue weighted by molar-refractivity contribution is 7.98. The molecule has 1 aromatic carbocycles. The van der Waals surface area contributed by atoms with Gasteiger partial charge in [-0.15, -0.1) is 23.1 Å². The summed E-state index contributed by atoms with van der Waals surface area (Å²) in [7, 11) is -1.73. The molecule has 0 aliphatic heterocycles. The second-order valence-corrected chi connectivity index (χ2v) is 9.45. The lowest BCUT2D eigenvalue weighted by Crippen LogP contribution is -2.00. The molecule has 0 bridgehead atoms. The molecule has 0 saturated carbocycles. The smallest absolute Gasteiger partial charge is 0.216 e. The number of rotatable bonds is 5. The summed E-state index contributed by atoms with van der Waals surface area (Å²) in [5, 5.41) is 4.16. The van der Waals surface area contributed by atoms with Crippen molar-refractivity contribution >= 4 is 32.9 Å². The monoisotopic (exact) mass is 379 g/mol. The topological polar surface area (TPSA) is 78.0 Å². The van der Waals surface area contributed by atoms with E-state index in [2.05, 4.69) is 5.10 Å². The van der Waals surface area contributed by atoms with Crippen LogP contribution >= 0.6 is 23.1 Å². The summed E-state index contributed by atoms with van der Waals surface area (Å²) in [6.07, 6.45) is 5.53. The van der Waals surface area contributed by atoms with Crippen molar-refractivity contribution in [2.24, 2.45) is 12.8 Å². The van der Waals surface area contributed by atoms with Crippen LogP contribution in [0.4, 0.5) is 0 Å². The first kappa shape index (κ1) is 17.2. The average Bonchev–Trinajstić information content (AvgIpc) is 3.23. The minimum Gasteiger partial charge on any atom is -0.326 e. The van der Waals surface area contributed by atoms with Gasteiger partial charge in [0, 0.05) is 35.1 Å². The van der Waals surface area contributed by atoms with E-state index in [0.717, 1.165) is 20.9 Å². The highest BCUT2D eigenvalue weighted by Crippen LogP contribution is 2.33. The molecule has 24 heavy (non-hydrogen) atoms. The van der Waals surface area contributed by atoms with E-state index in [1.54, 1.807) is 35.1 Å². The number of aromatic nitrogens is 2. The summed E-state index contributed by atoms with van der Waals surface area (Å²) >= 11 is 2.73. The molecule has 3 aromatic rings. The van der Waals surface area contributed by atoms with Crippen LogP contribution in [0.25, 0.3) is 11.1 Å². The van der Waals surface area contributed by atoms with E-state index in [0.29, 0.717) is 15.6 Å². The van der Waals surface area contributed by atoms with E-state index < -0.39 is 9.84 Å². The summed E-state index contributed by atoms with van der Waals surface area (Å²) < 4.78 is 27.9. The number of nitrogens with zero attached hydrogens (tertiary/aromatic N) is 2. The molecule has 5 nitrogen and oxygen atoms in total. The normalized spacial score (nSPS) is 11.8. The van der Waals surface area contributed by atoms with Gasteiger partial charge in [-0.25, -0.2) is 8.42 Å². The van der Waals surface area contributed by atoms with Gasteiger partial charge in [0.15, 0.2) is 0 Å². The van der Waals surface area contributed by atoms with Gasteiger partial charge in [-0.1, -0.05) is 0 Å². The van der Waals surface area contributed by atoms with Gasteiger partial charge in [0.1, 0.15) is 4.21 Å². The number of aryl methyl sites for hydroxylation is 1. The van der Waals surface area contributed by atoms with Crippen molar-refractivity contribution in [1.29, 1.82) is 0 Å². The van der Waals surface area contributed by atoms with Crippen LogP contribution < -0.4 is 5.73 Å². The fourth-order valence-corrected chi connectivity index (χ4v) is 5.58. The van der Waals surface area contributed by atoms with Crippen molar-refractivity contribution in [3.63, 3.8) is 0 Å². The lowest BCUT2D eigenvalue weighted by molar-refractivity contribution is 0.598. The Balaban J connectivity index is 2.13. The van der Waals surface area contributed by atoms with Crippen LogP contribution in [0.15, 0.2) is 56.7 Å². The number of benzene rings is 1. The van der Waals surface area contributed by atoms with Crippen molar-refractivity contribution in [3.8, 4) is 11.1 Å². The zero-order chi connectivity index (χ0) is 17.3. The van der Waals surface area contributed by atoms with Crippen molar-refractivity contribution in [2.75, 3.05) is 6.26 Å². The van der Waals surface area contributed by atoms with Gasteiger partial charge < -0.3 is 5.73 Å². The molecule has 0 radical (unpaired) electrons. The van der Waals surface area contributed by atoms with Crippen LogP contribution in [0.5, 0.6) is 0 Å².